The van der Waals surface area contributed by atoms with E-state index in [-0.39, 0.29) is 108 Å². The third kappa shape index (κ3) is 217. The van der Waals surface area contributed by atoms with Gasteiger partial charge in [0, 0.05) is 38.2 Å². The number of rotatable bonds is 0. The molecule has 6 nitrogen and oxygen atoms in total. The van der Waals surface area contributed by atoms with E-state index in [1.165, 1.54) is 0 Å². The van der Waals surface area contributed by atoms with Crippen molar-refractivity contribution < 1.29 is 71.0 Å². The average molecular weight is 380 g/mol. The maximum atomic E-state index is 0. The third-order valence-corrected chi connectivity index (χ3v) is 0. The second-order valence-corrected chi connectivity index (χ2v) is 0. The average Bonchev–Trinajstić information content (AvgIpc) is 0. The van der Waals surface area contributed by atoms with E-state index in [0.717, 1.165) is 0 Å². The van der Waals surface area contributed by atoms with E-state index >= 15 is 0 Å². The first-order valence-electron chi connectivity index (χ1n) is 0. The molecule has 0 atom stereocenters. The van der Waals surface area contributed by atoms with Crippen LogP contribution in [0, 0.1) is 38.2 Å². The summed E-state index contributed by atoms with van der Waals surface area (Å²) in [6, 6.07) is 0. The van der Waals surface area contributed by atoms with Crippen molar-refractivity contribution in [3.8, 4) is 0 Å². The second kappa shape index (κ2) is 295. The van der Waals surface area contributed by atoms with Crippen LogP contribution in [0.5, 0.6) is 0 Å². The summed E-state index contributed by atoms with van der Waals surface area (Å²) < 4.78 is 0. The first-order valence-corrected chi connectivity index (χ1v) is 0. The Balaban J connectivity index is 0. The summed E-state index contributed by atoms with van der Waals surface area (Å²) in [6.45, 7) is 0. The van der Waals surface area contributed by atoms with Gasteiger partial charge in [0.2, 0.25) is 0 Å². The van der Waals surface area contributed by atoms with Crippen LogP contribution in [-0.2, 0) is 0 Å². The summed E-state index contributed by atoms with van der Waals surface area (Å²) in [5.74, 6) is 0. The molecule has 0 fully saturated rings. The molecule has 0 aliphatic carbocycles. The Kier molecular flexibility index (Phi) is 11500. The fraction of sp³-hybridized carbons (Fsp3) is 0. The molecule has 0 heterocycles. The van der Waals surface area contributed by atoms with Crippen molar-refractivity contribution in [3.63, 3.8) is 0 Å². The van der Waals surface area contributed by atoms with Gasteiger partial charge in [-0.15, -0.1) is 37.2 Å². The molecule has 0 bridgehead atoms. The standard InChI is InChI=1S/3ClH.Dy.6H2O/h3*1H;;6*1H2. The quantitative estimate of drug-likeness (QED) is 0.401. The van der Waals surface area contributed by atoms with Gasteiger partial charge in [-0.3, -0.25) is 0 Å². The molecule has 82 valence electrons. The van der Waals surface area contributed by atoms with E-state index in [0.29, 0.717) is 0 Å². The molecule has 0 aromatic heterocycles. The zero-order valence-electron chi connectivity index (χ0n) is 4.54. The molecule has 0 saturated carbocycles. The molecular weight excluding hydrogens is 365 g/mol. The van der Waals surface area contributed by atoms with Crippen molar-refractivity contribution in [1.82, 2.24) is 0 Å². The van der Waals surface area contributed by atoms with Gasteiger partial charge < -0.3 is 32.9 Å². The van der Waals surface area contributed by atoms with Crippen LogP contribution in [0.4, 0.5) is 0 Å². The fourth-order valence-electron chi connectivity index (χ4n) is 0. The van der Waals surface area contributed by atoms with E-state index < -0.39 is 0 Å². The first kappa shape index (κ1) is 391. The van der Waals surface area contributed by atoms with Crippen molar-refractivity contribution >= 4 is 37.2 Å². The summed E-state index contributed by atoms with van der Waals surface area (Å²) in [5, 5.41) is 0. The molecule has 0 spiro atoms. The fourth-order valence-corrected chi connectivity index (χ4v) is 0. The second-order valence-electron chi connectivity index (χ2n) is 0. The van der Waals surface area contributed by atoms with Gasteiger partial charge in [0.25, 0.3) is 0 Å². The molecule has 0 amide bonds. The van der Waals surface area contributed by atoms with Crippen LogP contribution in [0.1, 0.15) is 0 Å². The van der Waals surface area contributed by atoms with Gasteiger partial charge in [0.1, 0.15) is 0 Å². The molecule has 0 aromatic rings. The van der Waals surface area contributed by atoms with Gasteiger partial charge in [-0.25, -0.2) is 0 Å². The van der Waals surface area contributed by atoms with Crippen molar-refractivity contribution in [1.29, 1.82) is 0 Å². The van der Waals surface area contributed by atoms with E-state index in [9.17, 15) is 0 Å². The molecule has 12 N–H and O–H groups in total. The Morgan fingerprint density at radius 2 is 0.300 bits per heavy atom. The van der Waals surface area contributed by atoms with Crippen molar-refractivity contribution in [2.24, 2.45) is 0 Å². The first-order chi connectivity index (χ1) is 0. The number of halogens is 3. The number of hydrogen-bond donors (Lipinski definition) is 0. The monoisotopic (exact) mass is 380 g/mol. The Labute approximate surface area is 107 Å². The minimum atomic E-state index is 0. The Morgan fingerprint density at radius 3 is 0.300 bits per heavy atom. The van der Waals surface area contributed by atoms with Gasteiger partial charge in [-0.2, -0.15) is 0 Å². The molecule has 0 saturated heterocycles. The molecule has 10 heavy (non-hydrogen) atoms. The van der Waals surface area contributed by atoms with Gasteiger partial charge >= 0.3 is 0 Å². The summed E-state index contributed by atoms with van der Waals surface area (Å²) in [6.07, 6.45) is 0. The minimum absolute atomic E-state index is 0. The van der Waals surface area contributed by atoms with Crippen LogP contribution in [0.3, 0.4) is 0 Å². The van der Waals surface area contributed by atoms with E-state index in [4.69, 9.17) is 0 Å². The molecule has 0 rings (SSSR count). The summed E-state index contributed by atoms with van der Waals surface area (Å²) in [7, 11) is 0. The van der Waals surface area contributed by atoms with Crippen molar-refractivity contribution in [2.45, 2.75) is 0 Å². The van der Waals surface area contributed by atoms with Crippen molar-refractivity contribution in [3.05, 3.63) is 0 Å². The largest absolute Gasteiger partial charge is 0.412 e. The van der Waals surface area contributed by atoms with E-state index in [1.807, 2.05) is 0 Å². The topological polar surface area (TPSA) is 189 Å². The molecule has 0 unspecified atom stereocenters. The van der Waals surface area contributed by atoms with Gasteiger partial charge in [0.05, 0.1) is 0 Å². The predicted molar refractivity (Wildman–Crippen MR) is 43.4 cm³/mol. The van der Waals surface area contributed by atoms with Crippen LogP contribution in [0.15, 0.2) is 0 Å². The van der Waals surface area contributed by atoms with Crippen LogP contribution in [0.25, 0.3) is 0 Å². The Hall–Kier alpha value is 1.90. The normalized spacial score (nSPS) is 0. The van der Waals surface area contributed by atoms with E-state index in [1.54, 1.807) is 0 Å². The zero-order valence-corrected chi connectivity index (χ0v) is 9.02. The van der Waals surface area contributed by atoms with Crippen molar-refractivity contribution in [2.75, 3.05) is 0 Å². The predicted octanol–water partition coefficient (Wildman–Crippen LogP) is -3.68. The Morgan fingerprint density at radius 1 is 0.300 bits per heavy atom. The molecule has 10 heteroatoms. The maximum absolute atomic E-state index is 0. The molecule has 0 radical (unpaired) electrons. The summed E-state index contributed by atoms with van der Waals surface area (Å²) in [4.78, 5) is 0. The van der Waals surface area contributed by atoms with E-state index in [2.05, 4.69) is 0 Å². The third-order valence-electron chi connectivity index (χ3n) is 0. The molecule has 0 aromatic carbocycles. The summed E-state index contributed by atoms with van der Waals surface area (Å²) in [5.41, 5.74) is 0. The van der Waals surface area contributed by atoms with Crippen LogP contribution < -0.4 is 0 Å². The maximum Gasteiger partial charge on any atom is 0 e. The minimum Gasteiger partial charge on any atom is -0.412 e. The smallest absolute Gasteiger partial charge is 0 e. The van der Waals surface area contributed by atoms with Crippen LogP contribution in [-0.4, -0.2) is 32.9 Å². The van der Waals surface area contributed by atoms with Gasteiger partial charge in [0.15, 0.2) is 0 Å². The molecule has 0 aliphatic heterocycles. The Bertz CT molecular complexity index is 13.0. The number of hydrogen-bond acceptors (Lipinski definition) is 0. The van der Waals surface area contributed by atoms with Gasteiger partial charge in [-0.1, -0.05) is 0 Å². The zero-order chi connectivity index (χ0) is 0. The van der Waals surface area contributed by atoms with Crippen LogP contribution >= 0.6 is 37.2 Å². The summed E-state index contributed by atoms with van der Waals surface area (Å²) >= 11 is 0. The van der Waals surface area contributed by atoms with Crippen LogP contribution in [0.2, 0.25) is 0 Å². The molecular formula is H15Cl3DyO6. The molecule has 0 aliphatic rings. The SMILES string of the molecule is Cl.Cl.Cl.O.O.O.O.O.O.[Dy]. The van der Waals surface area contributed by atoms with Gasteiger partial charge in [-0.05, 0) is 0 Å².